The van der Waals surface area contributed by atoms with E-state index in [0.29, 0.717) is 36.4 Å². The number of carbonyl (C=O) groups is 3. The first-order chi connectivity index (χ1) is 23.3. The van der Waals surface area contributed by atoms with Crippen molar-refractivity contribution in [1.29, 1.82) is 0 Å². The topological polar surface area (TPSA) is 108 Å². The van der Waals surface area contributed by atoms with Gasteiger partial charge in [0.05, 0.1) is 44.5 Å². The number of hydrogen-bond acceptors (Lipinski definition) is 6. The predicted octanol–water partition coefficient (Wildman–Crippen LogP) is 5.45. The first-order valence-corrected chi connectivity index (χ1v) is 16.4. The molecule has 9 heteroatoms. The average molecular weight is 646 g/mol. The molecule has 4 aromatic rings. The van der Waals surface area contributed by atoms with E-state index in [1.165, 1.54) is 0 Å². The van der Waals surface area contributed by atoms with Crippen LogP contribution in [0.1, 0.15) is 52.4 Å². The molecule has 3 aliphatic heterocycles. The average Bonchev–Trinajstić information content (AvgIpc) is 3.56. The highest BCUT2D eigenvalue weighted by Gasteiger charge is 2.60. The third-order valence-corrected chi connectivity index (χ3v) is 9.99. The van der Waals surface area contributed by atoms with E-state index in [1.807, 2.05) is 73.7 Å². The van der Waals surface area contributed by atoms with Gasteiger partial charge in [0.1, 0.15) is 5.75 Å². The number of rotatable bonds is 8. The molecule has 0 radical (unpaired) electrons. The van der Waals surface area contributed by atoms with Crippen LogP contribution >= 0.6 is 0 Å². The number of amides is 3. The number of fused-ring (bicyclic) bond motifs is 3. The van der Waals surface area contributed by atoms with E-state index in [2.05, 4.69) is 11.4 Å². The molecule has 3 amide bonds. The van der Waals surface area contributed by atoms with Crippen molar-refractivity contribution in [1.82, 2.24) is 4.90 Å². The Morgan fingerprint density at radius 3 is 2.50 bits per heavy atom. The minimum Gasteiger partial charge on any atom is -0.497 e. The Balaban J connectivity index is 1.08. The molecule has 4 aromatic carbocycles. The lowest BCUT2D eigenvalue weighted by molar-refractivity contribution is -0.151. The molecular weight excluding hydrogens is 606 g/mol. The number of aliphatic hydroxyl groups excluding tert-OH is 1. The first-order valence-electron chi connectivity index (χ1n) is 16.4. The third kappa shape index (κ3) is 5.63. The highest BCUT2D eigenvalue weighted by atomic mass is 16.5. The van der Waals surface area contributed by atoms with Gasteiger partial charge in [-0.25, -0.2) is 0 Å². The van der Waals surface area contributed by atoms with Crippen molar-refractivity contribution in [3.63, 3.8) is 0 Å². The van der Waals surface area contributed by atoms with Gasteiger partial charge in [0.2, 0.25) is 5.91 Å². The van der Waals surface area contributed by atoms with Crippen LogP contribution in [0.2, 0.25) is 0 Å². The summed E-state index contributed by atoms with van der Waals surface area (Å²) in [5, 5.41) is 13.1. The second kappa shape index (κ2) is 12.9. The van der Waals surface area contributed by atoms with Gasteiger partial charge in [-0.1, -0.05) is 61.5 Å². The maximum absolute atomic E-state index is 14.5. The zero-order chi connectivity index (χ0) is 33.4. The zero-order valence-corrected chi connectivity index (χ0v) is 27.1. The van der Waals surface area contributed by atoms with Crippen LogP contribution in [0.4, 0.5) is 11.4 Å². The van der Waals surface area contributed by atoms with Crippen molar-refractivity contribution in [2.75, 3.05) is 23.9 Å². The Kier molecular flexibility index (Phi) is 8.49. The van der Waals surface area contributed by atoms with Crippen molar-refractivity contribution in [2.24, 2.45) is 5.92 Å². The number of aliphatic hydroxyl groups is 1. The second-order valence-corrected chi connectivity index (χ2v) is 12.9. The van der Waals surface area contributed by atoms with Crippen LogP contribution < -0.4 is 15.0 Å². The van der Waals surface area contributed by atoms with Crippen LogP contribution in [0.3, 0.4) is 0 Å². The SMILES string of the molecule is COc1ccc(C(=O)Nc2cccc(CN3C(=O)[C@@]4(O[C@@H](CC(=O)N5Cc6ccccc6C[C@H]5CO)C[C@H]4C)c4ccccc43)c2)cc1. The Bertz CT molecular complexity index is 1860. The summed E-state index contributed by atoms with van der Waals surface area (Å²) in [6, 6.07) is 29.8. The molecule has 48 heavy (non-hydrogen) atoms. The van der Waals surface area contributed by atoms with E-state index in [-0.39, 0.29) is 49.3 Å². The molecule has 1 fully saturated rings. The monoisotopic (exact) mass is 645 g/mol. The fourth-order valence-corrected chi connectivity index (χ4v) is 7.54. The van der Waals surface area contributed by atoms with Gasteiger partial charge < -0.3 is 29.7 Å². The summed E-state index contributed by atoms with van der Waals surface area (Å²) in [7, 11) is 1.58. The predicted molar refractivity (Wildman–Crippen MR) is 182 cm³/mol. The second-order valence-electron chi connectivity index (χ2n) is 12.9. The minimum absolute atomic E-state index is 0.0816. The molecule has 1 saturated heterocycles. The number of benzene rings is 4. The molecule has 3 heterocycles. The van der Waals surface area contributed by atoms with Crippen molar-refractivity contribution in [2.45, 2.75) is 57.0 Å². The fraction of sp³-hybridized carbons (Fsp3) is 0.308. The van der Waals surface area contributed by atoms with Gasteiger partial charge in [-0.15, -0.1) is 0 Å². The molecule has 0 bridgehead atoms. The molecular formula is C39H39N3O6. The number of ether oxygens (including phenoxy) is 2. The Morgan fingerprint density at radius 1 is 0.979 bits per heavy atom. The van der Waals surface area contributed by atoms with Crippen LogP contribution in [0.25, 0.3) is 0 Å². The summed E-state index contributed by atoms with van der Waals surface area (Å²) in [4.78, 5) is 44.6. The normalized spacial score (nSPS) is 22.8. The van der Waals surface area contributed by atoms with Crippen LogP contribution in [-0.4, -0.2) is 53.6 Å². The highest BCUT2D eigenvalue weighted by Crippen LogP contribution is 2.54. The van der Waals surface area contributed by atoms with E-state index in [0.717, 1.165) is 27.9 Å². The number of nitrogens with one attached hydrogen (secondary N) is 1. The number of anilines is 2. The smallest absolute Gasteiger partial charge is 0.264 e. The zero-order valence-electron chi connectivity index (χ0n) is 27.1. The summed E-state index contributed by atoms with van der Waals surface area (Å²) < 4.78 is 11.9. The fourth-order valence-electron chi connectivity index (χ4n) is 7.54. The van der Waals surface area contributed by atoms with Crippen LogP contribution in [-0.2, 0) is 39.4 Å². The highest BCUT2D eigenvalue weighted by molar-refractivity contribution is 6.07. The number of carbonyl (C=O) groups excluding carboxylic acids is 3. The summed E-state index contributed by atoms with van der Waals surface area (Å²) in [5.74, 6) is 0.0219. The van der Waals surface area contributed by atoms with Gasteiger partial charge in [0, 0.05) is 29.3 Å². The lowest BCUT2D eigenvalue weighted by atomic mass is 9.83. The molecule has 7 rings (SSSR count). The van der Waals surface area contributed by atoms with Crippen LogP contribution in [0.15, 0.2) is 97.1 Å². The molecule has 0 aromatic heterocycles. The molecule has 1 spiro atoms. The molecule has 246 valence electrons. The van der Waals surface area contributed by atoms with Crippen molar-refractivity contribution < 1.29 is 29.0 Å². The Labute approximate surface area is 280 Å². The summed E-state index contributed by atoms with van der Waals surface area (Å²) >= 11 is 0. The Morgan fingerprint density at radius 2 is 1.73 bits per heavy atom. The largest absolute Gasteiger partial charge is 0.497 e. The van der Waals surface area contributed by atoms with Crippen LogP contribution in [0.5, 0.6) is 5.75 Å². The molecule has 0 aliphatic carbocycles. The maximum atomic E-state index is 14.5. The van der Waals surface area contributed by atoms with E-state index < -0.39 is 11.7 Å². The van der Waals surface area contributed by atoms with Gasteiger partial charge in [-0.3, -0.25) is 14.4 Å². The minimum atomic E-state index is -1.20. The summed E-state index contributed by atoms with van der Waals surface area (Å²) in [6.07, 6.45) is 0.853. The molecule has 2 N–H and O–H groups in total. The molecule has 4 atom stereocenters. The van der Waals surface area contributed by atoms with Gasteiger partial charge in [-0.05, 0) is 72.0 Å². The van der Waals surface area contributed by atoms with Gasteiger partial charge >= 0.3 is 0 Å². The first kappa shape index (κ1) is 31.6. The van der Waals surface area contributed by atoms with E-state index in [1.54, 1.807) is 41.2 Å². The maximum Gasteiger partial charge on any atom is 0.264 e. The Hall–Kier alpha value is -4.99. The van der Waals surface area contributed by atoms with Crippen LogP contribution in [0, 0.1) is 5.92 Å². The van der Waals surface area contributed by atoms with Crippen molar-refractivity contribution in [3.05, 3.63) is 125 Å². The van der Waals surface area contributed by atoms with Gasteiger partial charge in [-0.2, -0.15) is 0 Å². The number of methoxy groups -OCH3 is 1. The summed E-state index contributed by atoms with van der Waals surface area (Å²) in [5.41, 5.74) is 4.60. The lowest BCUT2D eigenvalue weighted by Gasteiger charge is -2.36. The quantitative estimate of drug-likeness (QED) is 0.264. The van der Waals surface area contributed by atoms with Gasteiger partial charge in [0.25, 0.3) is 11.8 Å². The van der Waals surface area contributed by atoms with E-state index in [4.69, 9.17) is 9.47 Å². The van der Waals surface area contributed by atoms with Gasteiger partial charge in [0.15, 0.2) is 5.60 Å². The standard InChI is InChI=1S/C39H39N3O6/c1-25-18-33(21-36(44)41-23-29-10-4-3-9-28(29)20-31(41)24-43)48-39(25)34-12-5-6-13-35(34)42(38(39)46)22-26-8-7-11-30(19-26)40-37(45)27-14-16-32(47-2)17-15-27/h3-17,19,25,31,33,43H,18,20-24H2,1-2H3,(H,40,45)/t25-,31+,33-,39+/m1/s1. The summed E-state index contributed by atoms with van der Waals surface area (Å²) in [6.45, 7) is 2.64. The number of nitrogens with zero attached hydrogens (tertiary/aromatic N) is 2. The van der Waals surface area contributed by atoms with Crippen molar-refractivity contribution >= 4 is 29.1 Å². The molecule has 3 aliphatic rings. The third-order valence-electron chi connectivity index (χ3n) is 9.99. The van der Waals surface area contributed by atoms with Crippen molar-refractivity contribution in [3.8, 4) is 5.75 Å². The molecule has 9 nitrogen and oxygen atoms in total. The number of hydrogen-bond donors (Lipinski definition) is 2. The molecule has 0 unspecified atom stereocenters. The number of para-hydroxylation sites is 1. The van der Waals surface area contributed by atoms with E-state index >= 15 is 0 Å². The molecule has 0 saturated carbocycles. The van der Waals surface area contributed by atoms with E-state index in [9.17, 15) is 19.5 Å². The lowest BCUT2D eigenvalue weighted by Crippen LogP contribution is -2.47.